The summed E-state index contributed by atoms with van der Waals surface area (Å²) in [5, 5.41) is 7.88. The van der Waals surface area contributed by atoms with Crippen LogP contribution in [0.3, 0.4) is 0 Å². The first-order chi connectivity index (χ1) is 2.41. The van der Waals surface area contributed by atoms with E-state index in [0.717, 1.165) is 0 Å². The molecule has 2 heteroatoms. The SMILES string of the molecule is [C-]#CCCO.[Cu+]. The van der Waals surface area contributed by atoms with Crippen LogP contribution in [0.15, 0.2) is 0 Å². The van der Waals surface area contributed by atoms with Crippen LogP contribution in [0, 0.1) is 12.3 Å². The van der Waals surface area contributed by atoms with E-state index in [9.17, 15) is 0 Å². The maximum Gasteiger partial charge on any atom is 1.00 e. The van der Waals surface area contributed by atoms with Gasteiger partial charge < -0.3 is 17.5 Å². The fraction of sp³-hybridized carbons (Fsp3) is 0.500. The molecule has 0 radical (unpaired) electrons. The van der Waals surface area contributed by atoms with Crippen LogP contribution in [-0.2, 0) is 17.1 Å². The van der Waals surface area contributed by atoms with Crippen molar-refractivity contribution in [2.45, 2.75) is 6.42 Å². The zero-order chi connectivity index (χ0) is 4.12. The molecule has 0 aliphatic rings. The molecule has 0 spiro atoms. The average molecular weight is 133 g/mol. The van der Waals surface area contributed by atoms with Crippen molar-refractivity contribution in [3.63, 3.8) is 0 Å². The summed E-state index contributed by atoms with van der Waals surface area (Å²) in [6.45, 7) is 0.0451. The summed E-state index contributed by atoms with van der Waals surface area (Å²) >= 11 is 0. The molecule has 1 N–H and O–H groups in total. The van der Waals surface area contributed by atoms with Crippen molar-refractivity contribution in [3.05, 3.63) is 6.42 Å². The van der Waals surface area contributed by atoms with E-state index in [-0.39, 0.29) is 23.7 Å². The van der Waals surface area contributed by atoms with Crippen LogP contribution >= 0.6 is 0 Å². The van der Waals surface area contributed by atoms with E-state index >= 15 is 0 Å². The Bertz CT molecular complexity index is 46.0. The first-order valence-electron chi connectivity index (χ1n) is 1.42. The Balaban J connectivity index is 0. The van der Waals surface area contributed by atoms with Gasteiger partial charge in [-0.25, -0.2) is 0 Å². The molecule has 0 aromatic rings. The van der Waals surface area contributed by atoms with Gasteiger partial charge in [0.05, 0.1) is 6.61 Å². The van der Waals surface area contributed by atoms with Crippen molar-refractivity contribution in [1.29, 1.82) is 0 Å². The van der Waals surface area contributed by atoms with Crippen LogP contribution in [0.25, 0.3) is 0 Å². The predicted octanol–water partition coefficient (Wildman–Crippen LogP) is -0.0439. The number of aliphatic hydroxyl groups excluding tert-OH is 1. The minimum atomic E-state index is 0. The van der Waals surface area contributed by atoms with E-state index in [1.165, 1.54) is 0 Å². The molecule has 0 fully saturated rings. The fourth-order valence-electron chi connectivity index (χ4n) is 0.0559. The summed E-state index contributed by atoms with van der Waals surface area (Å²) in [5.41, 5.74) is 0. The molecule has 0 atom stereocenters. The third kappa shape index (κ3) is 8.97. The van der Waals surface area contributed by atoms with Crippen LogP contribution in [0.1, 0.15) is 6.42 Å². The van der Waals surface area contributed by atoms with Crippen LogP contribution < -0.4 is 0 Å². The van der Waals surface area contributed by atoms with E-state index in [1.807, 2.05) is 5.92 Å². The normalized spacial score (nSPS) is 5.33. The van der Waals surface area contributed by atoms with Crippen LogP contribution in [-0.4, -0.2) is 11.7 Å². The van der Waals surface area contributed by atoms with E-state index in [4.69, 9.17) is 11.5 Å². The summed E-state index contributed by atoms with van der Waals surface area (Å²) in [7, 11) is 0. The molecule has 0 bridgehead atoms. The minimum absolute atomic E-state index is 0. The fourth-order valence-corrected chi connectivity index (χ4v) is 0.0559. The maximum atomic E-state index is 7.88. The van der Waals surface area contributed by atoms with Gasteiger partial charge in [-0.15, -0.1) is 0 Å². The third-order valence-corrected chi connectivity index (χ3v) is 0.237. The van der Waals surface area contributed by atoms with Gasteiger partial charge in [-0.1, -0.05) is 0 Å². The van der Waals surface area contributed by atoms with Crippen LogP contribution in [0.5, 0.6) is 0 Å². The van der Waals surface area contributed by atoms with Crippen molar-refractivity contribution in [2.24, 2.45) is 0 Å². The molecule has 0 unspecified atom stereocenters. The molecule has 0 aliphatic heterocycles. The monoisotopic (exact) mass is 132 g/mol. The number of hydrogen-bond acceptors (Lipinski definition) is 1. The van der Waals surface area contributed by atoms with E-state index in [0.29, 0.717) is 6.42 Å². The zero-order valence-corrected chi connectivity index (χ0v) is 4.10. The molecule has 1 nitrogen and oxygen atoms in total. The molecule has 0 aliphatic carbocycles. The predicted molar refractivity (Wildman–Crippen MR) is 18.8 cm³/mol. The number of aliphatic hydroxyl groups is 1. The first kappa shape index (κ1) is 9.40. The largest absolute Gasteiger partial charge is 1.00 e. The molecule has 0 saturated heterocycles. The summed E-state index contributed by atoms with van der Waals surface area (Å²) in [5.74, 6) is 2.02. The molecule has 6 heavy (non-hydrogen) atoms. The molecule has 0 saturated carbocycles. The van der Waals surface area contributed by atoms with E-state index in [2.05, 4.69) is 0 Å². The first-order valence-corrected chi connectivity index (χ1v) is 1.42. The second-order valence-electron chi connectivity index (χ2n) is 0.650. The zero-order valence-electron chi connectivity index (χ0n) is 3.16. The van der Waals surface area contributed by atoms with E-state index < -0.39 is 0 Å². The topological polar surface area (TPSA) is 20.2 Å². The summed E-state index contributed by atoms with van der Waals surface area (Å²) in [6, 6.07) is 0. The Morgan fingerprint density at radius 1 is 1.67 bits per heavy atom. The van der Waals surface area contributed by atoms with Gasteiger partial charge in [-0.2, -0.15) is 0 Å². The van der Waals surface area contributed by atoms with E-state index in [1.54, 1.807) is 0 Å². The van der Waals surface area contributed by atoms with Gasteiger partial charge in [0.25, 0.3) is 0 Å². The Hall–Kier alpha value is 0.0395. The van der Waals surface area contributed by atoms with Gasteiger partial charge in [-0.05, 0) is 6.42 Å². The Morgan fingerprint density at radius 3 is 2.17 bits per heavy atom. The van der Waals surface area contributed by atoms with Crippen LogP contribution in [0.2, 0.25) is 0 Å². The third-order valence-electron chi connectivity index (χ3n) is 0.237. The molecule has 0 aromatic carbocycles. The van der Waals surface area contributed by atoms with Gasteiger partial charge in [0, 0.05) is 0 Å². The van der Waals surface area contributed by atoms with Gasteiger partial charge in [-0.3, -0.25) is 0 Å². The van der Waals surface area contributed by atoms with Crippen LogP contribution in [0.4, 0.5) is 0 Å². The molecular formula is C4H5CuO. The Labute approximate surface area is 48.2 Å². The molecule has 0 rings (SSSR count). The van der Waals surface area contributed by atoms with Crippen molar-refractivity contribution in [3.8, 4) is 5.92 Å². The number of rotatable bonds is 1. The second kappa shape index (κ2) is 8.90. The molecule has 0 amide bonds. The number of hydrogen-bond donors (Lipinski definition) is 1. The van der Waals surface area contributed by atoms with Gasteiger partial charge in [0.2, 0.25) is 0 Å². The quantitative estimate of drug-likeness (QED) is 0.302. The van der Waals surface area contributed by atoms with Gasteiger partial charge >= 0.3 is 17.1 Å². The molecular weight excluding hydrogens is 128 g/mol. The van der Waals surface area contributed by atoms with Gasteiger partial charge in [0.1, 0.15) is 0 Å². The molecule has 0 aromatic heterocycles. The van der Waals surface area contributed by atoms with Crippen molar-refractivity contribution in [2.75, 3.05) is 6.61 Å². The summed E-state index contributed by atoms with van der Waals surface area (Å²) < 4.78 is 0. The van der Waals surface area contributed by atoms with Crippen molar-refractivity contribution in [1.82, 2.24) is 0 Å². The van der Waals surface area contributed by atoms with Gasteiger partial charge in [0.15, 0.2) is 0 Å². The molecule has 0 heterocycles. The van der Waals surface area contributed by atoms with Crippen molar-refractivity contribution < 1.29 is 22.2 Å². The minimum Gasteiger partial charge on any atom is -0.694 e. The molecule has 38 valence electrons. The van der Waals surface area contributed by atoms with Crippen molar-refractivity contribution >= 4 is 0 Å². The Morgan fingerprint density at radius 2 is 2.17 bits per heavy atom. The average Bonchev–Trinajstić information content (AvgIpc) is 1.41. The maximum absolute atomic E-state index is 7.88. The summed E-state index contributed by atoms with van der Waals surface area (Å²) in [6.07, 6.45) is 6.55. The summed E-state index contributed by atoms with van der Waals surface area (Å²) in [4.78, 5) is 0. The second-order valence-corrected chi connectivity index (χ2v) is 0.650. The standard InChI is InChI=1S/C4H5O.Cu/c1-2-3-4-5;/h5H,3-4H2;/q-1;+1. The Kier molecular flexibility index (Phi) is 13.9. The smallest absolute Gasteiger partial charge is 0.694 e.